The molecule has 0 aliphatic carbocycles. The Kier molecular flexibility index (Phi) is 5.89. The second-order valence-corrected chi connectivity index (χ2v) is 6.38. The van der Waals surface area contributed by atoms with Gasteiger partial charge in [-0.25, -0.2) is 4.98 Å². The van der Waals surface area contributed by atoms with Gasteiger partial charge in [0.25, 0.3) is 0 Å². The lowest BCUT2D eigenvalue weighted by Crippen LogP contribution is -2.02. The van der Waals surface area contributed by atoms with Crippen molar-refractivity contribution in [3.05, 3.63) is 53.6 Å². The van der Waals surface area contributed by atoms with Crippen LogP contribution < -0.4 is 19.9 Å². The van der Waals surface area contributed by atoms with Gasteiger partial charge in [0.05, 0.1) is 32.6 Å². The number of ether oxygens (including phenoxy) is 3. The second-order valence-electron chi connectivity index (χ2n) is 6.38. The molecule has 2 N–H and O–H groups in total. The van der Waals surface area contributed by atoms with Gasteiger partial charge < -0.3 is 19.9 Å². The predicted octanol–water partition coefficient (Wildman–Crippen LogP) is 4.46. The maximum Gasteiger partial charge on any atom is 0.142 e. The van der Waals surface area contributed by atoms with Crippen molar-refractivity contribution in [3.63, 3.8) is 0 Å². The molecule has 0 radical (unpaired) electrons. The van der Waals surface area contributed by atoms with Crippen molar-refractivity contribution < 1.29 is 14.2 Å². The highest BCUT2D eigenvalue weighted by atomic mass is 16.5. The van der Waals surface area contributed by atoms with Crippen LogP contribution in [0.1, 0.15) is 18.1 Å². The number of nitrogens with two attached hydrogens (primary N) is 1. The lowest BCUT2D eigenvalue weighted by molar-refractivity contribution is 0.377. The van der Waals surface area contributed by atoms with E-state index < -0.39 is 0 Å². The van der Waals surface area contributed by atoms with Crippen LogP contribution in [0.5, 0.6) is 17.2 Å². The van der Waals surface area contributed by atoms with Crippen LogP contribution in [0.15, 0.2) is 42.5 Å². The third-order valence-corrected chi connectivity index (χ3v) is 4.80. The number of nitrogens with zero attached hydrogens (tertiary/aromatic N) is 2. The molecule has 3 aromatic rings. The van der Waals surface area contributed by atoms with Gasteiger partial charge in [-0.15, -0.1) is 0 Å². The van der Waals surface area contributed by atoms with Crippen molar-refractivity contribution in [1.29, 1.82) is 5.26 Å². The highest BCUT2D eigenvalue weighted by molar-refractivity contribution is 5.87. The van der Waals surface area contributed by atoms with Gasteiger partial charge in [0.1, 0.15) is 34.7 Å². The quantitative estimate of drug-likeness (QED) is 0.669. The van der Waals surface area contributed by atoms with Crippen LogP contribution in [-0.4, -0.2) is 26.3 Å². The summed E-state index contributed by atoms with van der Waals surface area (Å²) in [4.78, 5) is 4.45. The molecule has 1 aromatic heterocycles. The van der Waals surface area contributed by atoms with Gasteiger partial charge >= 0.3 is 0 Å². The molecule has 1 heterocycles. The Morgan fingerprint density at radius 1 is 0.966 bits per heavy atom. The summed E-state index contributed by atoms with van der Waals surface area (Å²) in [5.41, 5.74) is 10.4. The van der Waals surface area contributed by atoms with E-state index in [0.29, 0.717) is 34.1 Å². The first-order chi connectivity index (χ1) is 14.1. The lowest BCUT2D eigenvalue weighted by Gasteiger charge is -2.17. The van der Waals surface area contributed by atoms with Crippen LogP contribution in [-0.2, 0) is 6.42 Å². The first-order valence-corrected chi connectivity index (χ1v) is 9.16. The fourth-order valence-electron chi connectivity index (χ4n) is 3.21. The zero-order valence-corrected chi connectivity index (χ0v) is 16.9. The maximum absolute atomic E-state index is 9.74. The smallest absolute Gasteiger partial charge is 0.142 e. The van der Waals surface area contributed by atoms with Crippen LogP contribution in [0, 0.1) is 11.3 Å². The highest BCUT2D eigenvalue weighted by Crippen LogP contribution is 2.44. The standard InChI is InChI=1S/C23H23N3O3/c1-5-14-6-8-15(9-7-14)19-12-17(18(13-24)23(25)26-19)22-20(28-3)10-16(27-2)11-21(22)29-4/h6-12H,5H2,1-4H3,(H2,25,26). The van der Waals surface area contributed by atoms with Gasteiger partial charge in [0.2, 0.25) is 0 Å². The normalized spacial score (nSPS) is 10.3. The summed E-state index contributed by atoms with van der Waals surface area (Å²) in [5, 5.41) is 9.74. The van der Waals surface area contributed by atoms with E-state index in [4.69, 9.17) is 19.9 Å². The summed E-state index contributed by atoms with van der Waals surface area (Å²) in [5.74, 6) is 1.75. The highest BCUT2D eigenvalue weighted by Gasteiger charge is 2.21. The third kappa shape index (κ3) is 3.81. The van der Waals surface area contributed by atoms with Crippen LogP contribution >= 0.6 is 0 Å². The Morgan fingerprint density at radius 3 is 2.07 bits per heavy atom. The SMILES string of the molecule is CCc1ccc(-c2cc(-c3c(OC)cc(OC)cc3OC)c(C#N)c(N)n2)cc1. The molecule has 6 nitrogen and oxygen atoms in total. The Labute approximate surface area is 170 Å². The van der Waals surface area contributed by atoms with Gasteiger partial charge in [-0.1, -0.05) is 31.2 Å². The average molecular weight is 389 g/mol. The van der Waals surface area contributed by atoms with E-state index in [1.165, 1.54) is 5.56 Å². The molecule has 0 aliphatic heterocycles. The molecule has 2 aromatic carbocycles. The fraction of sp³-hybridized carbons (Fsp3) is 0.217. The number of hydrogen-bond acceptors (Lipinski definition) is 6. The number of nitrogen functional groups attached to an aromatic ring is 1. The third-order valence-electron chi connectivity index (χ3n) is 4.80. The zero-order chi connectivity index (χ0) is 21.0. The molecule has 29 heavy (non-hydrogen) atoms. The summed E-state index contributed by atoms with van der Waals surface area (Å²) in [6, 6.07) is 15.6. The maximum atomic E-state index is 9.74. The number of hydrogen-bond donors (Lipinski definition) is 1. The van der Waals surface area contributed by atoms with E-state index in [9.17, 15) is 5.26 Å². The average Bonchev–Trinajstić information content (AvgIpc) is 2.77. The van der Waals surface area contributed by atoms with Gasteiger partial charge in [-0.3, -0.25) is 0 Å². The van der Waals surface area contributed by atoms with Crippen LogP contribution in [0.3, 0.4) is 0 Å². The Hall–Kier alpha value is -3.72. The number of rotatable bonds is 6. The number of aryl methyl sites for hydroxylation is 1. The zero-order valence-electron chi connectivity index (χ0n) is 16.9. The number of nitriles is 1. The topological polar surface area (TPSA) is 90.4 Å². The summed E-state index contributed by atoms with van der Waals surface area (Å²) in [6.45, 7) is 2.10. The Balaban J connectivity index is 2.29. The lowest BCUT2D eigenvalue weighted by atomic mass is 9.96. The number of anilines is 1. The first kappa shape index (κ1) is 20.0. The van der Waals surface area contributed by atoms with Crippen molar-refractivity contribution in [3.8, 4) is 45.7 Å². The van der Waals surface area contributed by atoms with Crippen molar-refractivity contribution in [2.75, 3.05) is 27.1 Å². The molecule has 0 atom stereocenters. The molecule has 0 unspecified atom stereocenters. The summed E-state index contributed by atoms with van der Waals surface area (Å²) in [6.07, 6.45) is 0.953. The molecule has 3 rings (SSSR count). The van der Waals surface area contributed by atoms with Crippen LogP contribution in [0.25, 0.3) is 22.4 Å². The minimum Gasteiger partial charge on any atom is -0.496 e. The number of methoxy groups -OCH3 is 3. The summed E-state index contributed by atoms with van der Waals surface area (Å²) in [7, 11) is 4.68. The minimum absolute atomic E-state index is 0.152. The molecule has 0 amide bonds. The van der Waals surface area contributed by atoms with Gasteiger partial charge in [-0.05, 0) is 18.1 Å². The second kappa shape index (κ2) is 8.53. The minimum atomic E-state index is 0.152. The van der Waals surface area contributed by atoms with E-state index in [2.05, 4.69) is 30.1 Å². The number of benzene rings is 2. The van der Waals surface area contributed by atoms with Crippen LogP contribution in [0.2, 0.25) is 0 Å². The molecule has 0 bridgehead atoms. The van der Waals surface area contributed by atoms with E-state index in [1.54, 1.807) is 33.5 Å². The number of pyridine rings is 1. The molecule has 0 saturated heterocycles. The molecular weight excluding hydrogens is 366 g/mol. The molecule has 6 heteroatoms. The van der Waals surface area contributed by atoms with Gasteiger partial charge in [0.15, 0.2) is 0 Å². The van der Waals surface area contributed by atoms with Crippen molar-refractivity contribution in [1.82, 2.24) is 4.98 Å². The van der Waals surface area contributed by atoms with E-state index in [1.807, 2.05) is 18.2 Å². The fourth-order valence-corrected chi connectivity index (χ4v) is 3.21. The molecule has 0 fully saturated rings. The van der Waals surface area contributed by atoms with E-state index >= 15 is 0 Å². The Morgan fingerprint density at radius 2 is 1.59 bits per heavy atom. The molecule has 0 aliphatic rings. The molecule has 0 spiro atoms. The molecule has 0 saturated carbocycles. The van der Waals surface area contributed by atoms with Crippen LogP contribution in [0.4, 0.5) is 5.82 Å². The Bertz CT molecular complexity index is 1040. The van der Waals surface area contributed by atoms with Crippen molar-refractivity contribution in [2.45, 2.75) is 13.3 Å². The van der Waals surface area contributed by atoms with Crippen molar-refractivity contribution >= 4 is 5.82 Å². The van der Waals surface area contributed by atoms with Crippen molar-refractivity contribution in [2.24, 2.45) is 0 Å². The van der Waals surface area contributed by atoms with E-state index in [0.717, 1.165) is 12.0 Å². The number of aromatic nitrogens is 1. The summed E-state index contributed by atoms with van der Waals surface area (Å²) >= 11 is 0. The largest absolute Gasteiger partial charge is 0.496 e. The summed E-state index contributed by atoms with van der Waals surface area (Å²) < 4.78 is 16.5. The molecule has 148 valence electrons. The van der Waals surface area contributed by atoms with Gasteiger partial charge in [0, 0.05) is 23.3 Å². The molecular formula is C23H23N3O3. The predicted molar refractivity (Wildman–Crippen MR) is 113 cm³/mol. The van der Waals surface area contributed by atoms with Gasteiger partial charge in [-0.2, -0.15) is 5.26 Å². The van der Waals surface area contributed by atoms with E-state index in [-0.39, 0.29) is 11.4 Å². The first-order valence-electron chi connectivity index (χ1n) is 9.16. The monoisotopic (exact) mass is 389 g/mol.